The van der Waals surface area contributed by atoms with Crippen molar-refractivity contribution in [1.82, 2.24) is 0 Å². The molecule has 1 heteroatoms. The lowest BCUT2D eigenvalue weighted by Gasteiger charge is -1.97. The molecule has 0 rings (SSSR count). The number of rotatable bonds is 11. The van der Waals surface area contributed by atoms with Gasteiger partial charge in [0.05, 0.1) is 0 Å². The Kier molecular flexibility index (Phi) is 14.9. The van der Waals surface area contributed by atoms with Crippen LogP contribution in [0.1, 0.15) is 71.1 Å². The van der Waals surface area contributed by atoms with Gasteiger partial charge < -0.3 is 0 Å². The molecule has 0 aliphatic rings. The summed E-state index contributed by atoms with van der Waals surface area (Å²) in [4.78, 5) is 0. The Morgan fingerprint density at radius 2 is 1.27 bits per heavy atom. The maximum Gasteiger partial charge on any atom is -0.000462 e. The first-order valence-electron chi connectivity index (χ1n) is 6.62. The summed E-state index contributed by atoms with van der Waals surface area (Å²) < 4.78 is 1.31. The highest BCUT2D eigenvalue weighted by Gasteiger charge is 1.88. The van der Waals surface area contributed by atoms with Crippen LogP contribution >= 0.6 is 22.6 Å². The van der Waals surface area contributed by atoms with Gasteiger partial charge in [0, 0.05) is 0 Å². The van der Waals surface area contributed by atoms with Crippen LogP contribution in [0.15, 0.2) is 12.2 Å². The van der Waals surface area contributed by atoms with E-state index in [0.29, 0.717) is 0 Å². The van der Waals surface area contributed by atoms with Crippen LogP contribution in [0.4, 0.5) is 0 Å². The number of unbranched alkanes of at least 4 members (excludes halogenated alkanes) is 8. The normalized spacial score (nSPS) is 11.3. The molecule has 0 fully saturated rings. The molecule has 15 heavy (non-hydrogen) atoms. The summed E-state index contributed by atoms with van der Waals surface area (Å²) >= 11 is 2.45. The summed E-state index contributed by atoms with van der Waals surface area (Å²) in [5.41, 5.74) is 0. The van der Waals surface area contributed by atoms with Crippen LogP contribution in [-0.4, -0.2) is 4.43 Å². The first-order valence-corrected chi connectivity index (χ1v) is 8.15. The lowest BCUT2D eigenvalue weighted by atomic mass is 10.1. The Hall–Kier alpha value is 0.470. The van der Waals surface area contributed by atoms with Crippen LogP contribution in [-0.2, 0) is 0 Å². The number of hydrogen-bond acceptors (Lipinski definition) is 0. The second-order valence-electron chi connectivity index (χ2n) is 4.21. The molecule has 0 bridgehead atoms. The molecule has 0 amide bonds. The summed E-state index contributed by atoms with van der Waals surface area (Å²) in [5.74, 6) is 0. The van der Waals surface area contributed by atoms with E-state index in [4.69, 9.17) is 0 Å². The minimum Gasteiger partial charge on any atom is -0.0885 e. The molecular weight excluding hydrogens is 295 g/mol. The van der Waals surface area contributed by atoms with Crippen LogP contribution < -0.4 is 0 Å². The molecular formula is C14H27I. The predicted molar refractivity (Wildman–Crippen MR) is 79.9 cm³/mol. The van der Waals surface area contributed by atoms with E-state index in [1.165, 1.54) is 68.6 Å². The summed E-state index contributed by atoms with van der Waals surface area (Å²) in [6.07, 6.45) is 18.6. The molecule has 0 N–H and O–H groups in total. The first-order chi connectivity index (χ1) is 7.41. The van der Waals surface area contributed by atoms with Gasteiger partial charge in [-0.15, -0.1) is 0 Å². The average molecular weight is 322 g/mol. The highest BCUT2D eigenvalue weighted by molar-refractivity contribution is 14.1. The van der Waals surface area contributed by atoms with Crippen LogP contribution in [0.5, 0.6) is 0 Å². The molecule has 0 heterocycles. The minimum absolute atomic E-state index is 1.29. The third kappa shape index (κ3) is 14.5. The second-order valence-corrected chi connectivity index (χ2v) is 5.29. The smallest absolute Gasteiger partial charge is 0.000462 e. The van der Waals surface area contributed by atoms with E-state index in [0.717, 1.165) is 0 Å². The van der Waals surface area contributed by atoms with Gasteiger partial charge in [0.15, 0.2) is 0 Å². The van der Waals surface area contributed by atoms with E-state index in [9.17, 15) is 0 Å². The third-order valence-corrected chi connectivity index (χ3v) is 3.41. The number of allylic oxidation sites excluding steroid dienone is 2. The molecule has 0 saturated heterocycles. The van der Waals surface area contributed by atoms with Gasteiger partial charge in [-0.2, -0.15) is 0 Å². The largest absolute Gasteiger partial charge is 0.0885 e. The van der Waals surface area contributed by atoms with Gasteiger partial charge in [-0.1, -0.05) is 73.8 Å². The van der Waals surface area contributed by atoms with Crippen molar-refractivity contribution < 1.29 is 0 Å². The summed E-state index contributed by atoms with van der Waals surface area (Å²) in [6, 6.07) is 0. The standard InChI is InChI=1S/C14H27I/c1-2-3-4-5-6-7-8-9-10-11-12-13-14-15/h9-10H,2-8,11-14H2,1H3/b10-9-. The fraction of sp³-hybridized carbons (Fsp3) is 0.857. The highest BCUT2D eigenvalue weighted by atomic mass is 127. The molecule has 0 aliphatic heterocycles. The van der Waals surface area contributed by atoms with Gasteiger partial charge >= 0.3 is 0 Å². The average Bonchev–Trinajstić information content (AvgIpc) is 2.26. The van der Waals surface area contributed by atoms with Crippen LogP contribution in [0.2, 0.25) is 0 Å². The molecule has 0 unspecified atom stereocenters. The molecule has 90 valence electrons. The quantitative estimate of drug-likeness (QED) is 0.192. The summed E-state index contributed by atoms with van der Waals surface area (Å²) in [7, 11) is 0. The van der Waals surface area contributed by atoms with Gasteiger partial charge in [-0.05, 0) is 36.5 Å². The van der Waals surface area contributed by atoms with Gasteiger partial charge in [-0.3, -0.25) is 0 Å². The zero-order valence-corrected chi connectivity index (χ0v) is 12.5. The van der Waals surface area contributed by atoms with Crippen molar-refractivity contribution in [3.05, 3.63) is 12.2 Å². The molecule has 0 aromatic carbocycles. The third-order valence-electron chi connectivity index (χ3n) is 2.65. The van der Waals surface area contributed by atoms with Crippen LogP contribution in [0.25, 0.3) is 0 Å². The fourth-order valence-corrected chi connectivity index (χ4v) is 2.17. The van der Waals surface area contributed by atoms with Gasteiger partial charge in [0.1, 0.15) is 0 Å². The van der Waals surface area contributed by atoms with Crippen molar-refractivity contribution >= 4 is 22.6 Å². The number of alkyl halides is 1. The predicted octanol–water partition coefficient (Wildman–Crippen LogP) is 5.90. The van der Waals surface area contributed by atoms with Gasteiger partial charge in [0.25, 0.3) is 0 Å². The van der Waals surface area contributed by atoms with Gasteiger partial charge in [-0.25, -0.2) is 0 Å². The molecule has 0 nitrogen and oxygen atoms in total. The number of hydrogen-bond donors (Lipinski definition) is 0. The zero-order chi connectivity index (χ0) is 11.2. The Morgan fingerprint density at radius 3 is 1.87 bits per heavy atom. The van der Waals surface area contributed by atoms with Crippen molar-refractivity contribution in [2.24, 2.45) is 0 Å². The molecule has 0 aliphatic carbocycles. The highest BCUT2D eigenvalue weighted by Crippen LogP contribution is 2.07. The maximum absolute atomic E-state index is 2.45. The molecule has 0 aromatic rings. The van der Waals surface area contributed by atoms with E-state index < -0.39 is 0 Å². The first kappa shape index (κ1) is 15.5. The molecule has 0 atom stereocenters. The Morgan fingerprint density at radius 1 is 0.733 bits per heavy atom. The lowest BCUT2D eigenvalue weighted by molar-refractivity contribution is 0.611. The molecule has 0 spiro atoms. The minimum atomic E-state index is 1.29. The Labute approximate surface area is 110 Å². The maximum atomic E-state index is 2.45. The van der Waals surface area contributed by atoms with Crippen LogP contribution in [0, 0.1) is 0 Å². The molecule has 0 radical (unpaired) electrons. The molecule has 0 saturated carbocycles. The molecule has 0 aromatic heterocycles. The van der Waals surface area contributed by atoms with Crippen molar-refractivity contribution in [2.75, 3.05) is 4.43 Å². The fourth-order valence-electron chi connectivity index (χ4n) is 1.63. The van der Waals surface area contributed by atoms with E-state index >= 15 is 0 Å². The second kappa shape index (κ2) is 14.5. The van der Waals surface area contributed by atoms with E-state index in [-0.39, 0.29) is 0 Å². The van der Waals surface area contributed by atoms with E-state index in [1.54, 1.807) is 0 Å². The summed E-state index contributed by atoms with van der Waals surface area (Å²) in [6.45, 7) is 2.28. The van der Waals surface area contributed by atoms with Crippen molar-refractivity contribution in [2.45, 2.75) is 71.1 Å². The van der Waals surface area contributed by atoms with Crippen molar-refractivity contribution in [1.29, 1.82) is 0 Å². The SMILES string of the molecule is CCCCCCCC/C=C\CCCCI. The monoisotopic (exact) mass is 322 g/mol. The van der Waals surface area contributed by atoms with Gasteiger partial charge in [0.2, 0.25) is 0 Å². The van der Waals surface area contributed by atoms with Crippen LogP contribution in [0.3, 0.4) is 0 Å². The Bertz CT molecular complexity index is 129. The lowest BCUT2D eigenvalue weighted by Crippen LogP contribution is -1.78. The summed E-state index contributed by atoms with van der Waals surface area (Å²) in [5, 5.41) is 0. The van der Waals surface area contributed by atoms with E-state index in [2.05, 4.69) is 41.7 Å². The zero-order valence-electron chi connectivity index (χ0n) is 10.3. The topological polar surface area (TPSA) is 0 Å². The number of halogens is 1. The van der Waals surface area contributed by atoms with Crippen molar-refractivity contribution in [3.63, 3.8) is 0 Å². The Balaban J connectivity index is 2.96. The van der Waals surface area contributed by atoms with E-state index in [1.807, 2.05) is 0 Å². The van der Waals surface area contributed by atoms with Crippen molar-refractivity contribution in [3.8, 4) is 0 Å².